The van der Waals surface area contributed by atoms with Gasteiger partial charge in [-0.2, -0.15) is 0 Å². The Labute approximate surface area is 119 Å². The molecule has 0 saturated carbocycles. The number of nitrogens with one attached hydrogen (secondary N) is 1. The van der Waals surface area contributed by atoms with Gasteiger partial charge in [-0.25, -0.2) is 4.39 Å². The zero-order valence-corrected chi connectivity index (χ0v) is 12.4. The molecular formula is C13H15BrFN3O. The van der Waals surface area contributed by atoms with Gasteiger partial charge in [0.1, 0.15) is 5.82 Å². The minimum Gasteiger partial charge on any atom is -0.419 e. The van der Waals surface area contributed by atoms with Crippen molar-refractivity contribution in [3.63, 3.8) is 0 Å². The van der Waals surface area contributed by atoms with E-state index in [9.17, 15) is 4.39 Å². The molecule has 1 heterocycles. The van der Waals surface area contributed by atoms with Crippen molar-refractivity contribution in [2.75, 3.05) is 6.54 Å². The maximum Gasteiger partial charge on any atom is 0.247 e. The van der Waals surface area contributed by atoms with Crippen molar-refractivity contribution in [2.24, 2.45) is 0 Å². The highest BCUT2D eigenvalue weighted by atomic mass is 79.9. The second-order valence-electron chi connectivity index (χ2n) is 4.28. The van der Waals surface area contributed by atoms with Gasteiger partial charge in [0.2, 0.25) is 11.8 Å². The average Bonchev–Trinajstić information content (AvgIpc) is 2.84. The molecule has 0 bridgehead atoms. The molecule has 0 amide bonds. The summed E-state index contributed by atoms with van der Waals surface area (Å²) >= 11 is 3.24. The maximum atomic E-state index is 13.3. The summed E-state index contributed by atoms with van der Waals surface area (Å²) in [6.07, 6.45) is 1.03. The van der Waals surface area contributed by atoms with E-state index in [2.05, 4.69) is 38.4 Å². The molecule has 0 spiro atoms. The first-order chi connectivity index (χ1) is 9.10. The molecule has 0 saturated heterocycles. The molecule has 102 valence electrons. The summed E-state index contributed by atoms with van der Waals surface area (Å²) < 4.78 is 19.5. The molecular weight excluding hydrogens is 313 g/mol. The summed E-state index contributed by atoms with van der Waals surface area (Å²) in [6, 6.07) is 4.47. The topological polar surface area (TPSA) is 51.0 Å². The molecule has 19 heavy (non-hydrogen) atoms. The lowest BCUT2D eigenvalue weighted by Gasteiger charge is -2.07. The fraction of sp³-hybridized carbons (Fsp3) is 0.385. The molecule has 1 atom stereocenters. The largest absolute Gasteiger partial charge is 0.419 e. The number of aromatic nitrogens is 2. The van der Waals surface area contributed by atoms with Gasteiger partial charge < -0.3 is 9.73 Å². The fourth-order valence-electron chi connectivity index (χ4n) is 1.65. The SMILES string of the molecule is CCCNC(C)c1nnc(-c2cc(F)cc(Br)c2)o1. The van der Waals surface area contributed by atoms with Gasteiger partial charge in [0.05, 0.1) is 6.04 Å². The molecule has 2 rings (SSSR count). The molecule has 4 nitrogen and oxygen atoms in total. The number of hydrogen-bond acceptors (Lipinski definition) is 4. The van der Waals surface area contributed by atoms with Crippen LogP contribution in [0.3, 0.4) is 0 Å². The first-order valence-corrected chi connectivity index (χ1v) is 6.92. The fourth-order valence-corrected chi connectivity index (χ4v) is 2.12. The number of halogens is 2. The molecule has 1 N–H and O–H groups in total. The summed E-state index contributed by atoms with van der Waals surface area (Å²) in [7, 11) is 0. The lowest BCUT2D eigenvalue weighted by Crippen LogP contribution is -2.19. The number of hydrogen-bond donors (Lipinski definition) is 1. The minimum absolute atomic E-state index is 0.0156. The van der Waals surface area contributed by atoms with Crippen LogP contribution in [0.5, 0.6) is 0 Å². The van der Waals surface area contributed by atoms with E-state index in [0.29, 0.717) is 21.8 Å². The maximum absolute atomic E-state index is 13.3. The Hall–Kier alpha value is -1.27. The Balaban J connectivity index is 2.20. The van der Waals surface area contributed by atoms with E-state index in [4.69, 9.17) is 4.42 Å². The highest BCUT2D eigenvalue weighted by Crippen LogP contribution is 2.24. The third kappa shape index (κ3) is 3.61. The van der Waals surface area contributed by atoms with Crippen molar-refractivity contribution in [3.05, 3.63) is 34.4 Å². The molecule has 1 unspecified atom stereocenters. The quantitative estimate of drug-likeness (QED) is 0.909. The summed E-state index contributed by atoms with van der Waals surface area (Å²) in [5.41, 5.74) is 0.563. The summed E-state index contributed by atoms with van der Waals surface area (Å²) in [4.78, 5) is 0. The lowest BCUT2D eigenvalue weighted by molar-refractivity contribution is 0.423. The van der Waals surface area contributed by atoms with Crippen LogP contribution in [0.2, 0.25) is 0 Å². The molecule has 0 radical (unpaired) electrons. The molecule has 0 aliphatic rings. The van der Waals surface area contributed by atoms with Gasteiger partial charge in [0.25, 0.3) is 0 Å². The Morgan fingerprint density at radius 1 is 1.37 bits per heavy atom. The monoisotopic (exact) mass is 327 g/mol. The van der Waals surface area contributed by atoms with Crippen LogP contribution in [-0.2, 0) is 0 Å². The van der Waals surface area contributed by atoms with E-state index in [1.807, 2.05) is 6.92 Å². The van der Waals surface area contributed by atoms with Crippen molar-refractivity contribution >= 4 is 15.9 Å². The number of rotatable bonds is 5. The molecule has 1 aromatic heterocycles. The van der Waals surface area contributed by atoms with Crippen molar-refractivity contribution < 1.29 is 8.81 Å². The second kappa shape index (κ2) is 6.25. The lowest BCUT2D eigenvalue weighted by atomic mass is 10.2. The normalized spacial score (nSPS) is 12.6. The average molecular weight is 328 g/mol. The third-order valence-corrected chi connectivity index (χ3v) is 3.08. The van der Waals surface area contributed by atoms with Gasteiger partial charge in [-0.05, 0) is 38.1 Å². The van der Waals surface area contributed by atoms with Crippen LogP contribution in [0.15, 0.2) is 27.1 Å². The Morgan fingerprint density at radius 3 is 2.84 bits per heavy atom. The third-order valence-electron chi connectivity index (χ3n) is 2.62. The van der Waals surface area contributed by atoms with E-state index < -0.39 is 0 Å². The minimum atomic E-state index is -0.346. The summed E-state index contributed by atoms with van der Waals surface area (Å²) in [6.45, 7) is 4.92. The predicted molar refractivity (Wildman–Crippen MR) is 74.1 cm³/mol. The van der Waals surface area contributed by atoms with E-state index in [0.717, 1.165) is 13.0 Å². The highest BCUT2D eigenvalue weighted by molar-refractivity contribution is 9.10. The van der Waals surface area contributed by atoms with E-state index >= 15 is 0 Å². The molecule has 0 aliphatic heterocycles. The van der Waals surface area contributed by atoms with Gasteiger partial charge >= 0.3 is 0 Å². The number of benzene rings is 1. The van der Waals surface area contributed by atoms with Crippen LogP contribution in [0, 0.1) is 5.82 Å². The molecule has 0 aliphatic carbocycles. The zero-order chi connectivity index (χ0) is 13.8. The van der Waals surface area contributed by atoms with E-state index in [1.54, 1.807) is 6.07 Å². The molecule has 6 heteroatoms. The van der Waals surface area contributed by atoms with Crippen LogP contribution in [-0.4, -0.2) is 16.7 Å². The standard InChI is InChI=1S/C13H15BrFN3O/c1-3-4-16-8(2)12-17-18-13(19-12)9-5-10(14)7-11(15)6-9/h5-8,16H,3-4H2,1-2H3. The zero-order valence-electron chi connectivity index (χ0n) is 10.8. The molecule has 1 aromatic carbocycles. The molecule has 2 aromatic rings. The van der Waals surface area contributed by atoms with Crippen LogP contribution in [0.25, 0.3) is 11.5 Å². The van der Waals surface area contributed by atoms with Crippen LogP contribution in [0.1, 0.15) is 32.2 Å². The van der Waals surface area contributed by atoms with Crippen molar-refractivity contribution in [1.29, 1.82) is 0 Å². The van der Waals surface area contributed by atoms with Crippen LogP contribution < -0.4 is 5.32 Å². The Morgan fingerprint density at radius 2 is 2.16 bits per heavy atom. The second-order valence-corrected chi connectivity index (χ2v) is 5.20. The van der Waals surface area contributed by atoms with Gasteiger partial charge in [-0.3, -0.25) is 0 Å². The Kier molecular flexibility index (Phi) is 4.66. The molecule has 0 fully saturated rings. The van der Waals surface area contributed by atoms with Crippen LogP contribution in [0.4, 0.5) is 4.39 Å². The van der Waals surface area contributed by atoms with Crippen LogP contribution >= 0.6 is 15.9 Å². The van der Waals surface area contributed by atoms with E-state index in [-0.39, 0.29) is 11.9 Å². The predicted octanol–water partition coefficient (Wildman–Crippen LogP) is 3.70. The van der Waals surface area contributed by atoms with Crippen molar-refractivity contribution in [1.82, 2.24) is 15.5 Å². The first kappa shape index (κ1) is 14.1. The summed E-state index contributed by atoms with van der Waals surface area (Å²) in [5, 5.41) is 11.2. The van der Waals surface area contributed by atoms with Gasteiger partial charge in [0.15, 0.2) is 0 Å². The van der Waals surface area contributed by atoms with E-state index in [1.165, 1.54) is 12.1 Å². The van der Waals surface area contributed by atoms with Crippen molar-refractivity contribution in [3.8, 4) is 11.5 Å². The smallest absolute Gasteiger partial charge is 0.247 e. The van der Waals surface area contributed by atoms with Gasteiger partial charge in [0, 0.05) is 10.0 Å². The number of nitrogens with zero attached hydrogens (tertiary/aromatic N) is 2. The first-order valence-electron chi connectivity index (χ1n) is 6.13. The van der Waals surface area contributed by atoms with Gasteiger partial charge in [-0.1, -0.05) is 22.9 Å². The summed E-state index contributed by atoms with van der Waals surface area (Å²) in [5.74, 6) is 0.477. The highest BCUT2D eigenvalue weighted by Gasteiger charge is 2.15. The van der Waals surface area contributed by atoms with Gasteiger partial charge in [-0.15, -0.1) is 10.2 Å². The Bertz CT molecular complexity index is 538. The van der Waals surface area contributed by atoms with Crippen molar-refractivity contribution in [2.45, 2.75) is 26.3 Å².